The zero-order chi connectivity index (χ0) is 14.0. The molecule has 1 unspecified atom stereocenters. The Kier molecular flexibility index (Phi) is 3.85. The highest BCUT2D eigenvalue weighted by Gasteiger charge is 2.22. The molecule has 2 rings (SSSR count). The van der Waals surface area contributed by atoms with Crippen LogP contribution in [-0.4, -0.2) is 17.9 Å². The van der Waals surface area contributed by atoms with E-state index in [0.717, 1.165) is 4.88 Å². The van der Waals surface area contributed by atoms with E-state index < -0.39 is 5.82 Å². The fourth-order valence-electron chi connectivity index (χ4n) is 1.81. The van der Waals surface area contributed by atoms with Gasteiger partial charge in [-0.3, -0.25) is 4.79 Å². The molecule has 0 aliphatic carbocycles. The summed E-state index contributed by atoms with van der Waals surface area (Å²) in [6.45, 7) is 1.93. The van der Waals surface area contributed by atoms with Crippen molar-refractivity contribution in [2.24, 2.45) is 0 Å². The minimum atomic E-state index is -0.567. The molecule has 0 fully saturated rings. The molecule has 0 aliphatic heterocycles. The highest BCUT2D eigenvalue weighted by atomic mass is 32.1. The van der Waals surface area contributed by atoms with Crippen LogP contribution in [0.4, 0.5) is 10.1 Å². The van der Waals surface area contributed by atoms with Crippen molar-refractivity contribution in [3.8, 4) is 0 Å². The van der Waals surface area contributed by atoms with E-state index in [1.54, 1.807) is 29.4 Å². The van der Waals surface area contributed by atoms with Gasteiger partial charge in [0.05, 0.1) is 17.3 Å². The van der Waals surface area contributed by atoms with Crippen molar-refractivity contribution in [3.63, 3.8) is 0 Å². The predicted octanol–water partition coefficient (Wildman–Crippen LogP) is 3.30. The van der Waals surface area contributed by atoms with Crippen LogP contribution in [0.1, 0.15) is 28.2 Å². The number of thiophene rings is 1. The van der Waals surface area contributed by atoms with E-state index in [1.165, 1.54) is 12.1 Å². The lowest BCUT2D eigenvalue weighted by Gasteiger charge is -2.24. The van der Waals surface area contributed by atoms with Crippen LogP contribution in [0.2, 0.25) is 0 Å². The Balaban J connectivity index is 2.26. The molecule has 0 saturated heterocycles. The van der Waals surface area contributed by atoms with Crippen molar-refractivity contribution < 1.29 is 9.18 Å². The molecule has 1 atom stereocenters. The summed E-state index contributed by atoms with van der Waals surface area (Å²) in [7, 11) is 1.69. The van der Waals surface area contributed by atoms with E-state index in [-0.39, 0.29) is 23.2 Å². The van der Waals surface area contributed by atoms with Crippen LogP contribution >= 0.6 is 11.3 Å². The number of benzene rings is 1. The SMILES string of the molecule is CC(c1cccs1)N(C)C(=O)c1cccc(F)c1N. The molecule has 3 nitrogen and oxygen atoms in total. The van der Waals surface area contributed by atoms with E-state index in [4.69, 9.17) is 5.73 Å². The molecule has 1 amide bonds. The zero-order valence-electron chi connectivity index (χ0n) is 10.8. The molecule has 0 spiro atoms. The molecule has 0 saturated carbocycles. The molecule has 1 aromatic carbocycles. The average molecular weight is 278 g/mol. The summed E-state index contributed by atoms with van der Waals surface area (Å²) in [4.78, 5) is 15.0. The molecule has 0 bridgehead atoms. The maximum atomic E-state index is 13.4. The van der Waals surface area contributed by atoms with E-state index in [2.05, 4.69) is 0 Å². The summed E-state index contributed by atoms with van der Waals surface area (Å²) >= 11 is 1.58. The van der Waals surface area contributed by atoms with Gasteiger partial charge in [-0.05, 0) is 30.5 Å². The van der Waals surface area contributed by atoms with Gasteiger partial charge >= 0.3 is 0 Å². The maximum Gasteiger partial charge on any atom is 0.256 e. The summed E-state index contributed by atoms with van der Waals surface area (Å²) in [5.74, 6) is -0.846. The Morgan fingerprint density at radius 2 is 2.11 bits per heavy atom. The quantitative estimate of drug-likeness (QED) is 0.876. The summed E-state index contributed by atoms with van der Waals surface area (Å²) in [5.41, 5.74) is 5.72. The smallest absolute Gasteiger partial charge is 0.256 e. The molecule has 5 heteroatoms. The van der Waals surface area contributed by atoms with E-state index in [0.29, 0.717) is 0 Å². The summed E-state index contributed by atoms with van der Waals surface area (Å²) in [6.07, 6.45) is 0. The lowest BCUT2D eigenvalue weighted by molar-refractivity contribution is 0.0745. The second-order valence-electron chi connectivity index (χ2n) is 4.31. The molecule has 1 aromatic heterocycles. The fourth-order valence-corrected chi connectivity index (χ4v) is 2.64. The maximum absolute atomic E-state index is 13.4. The third-order valence-electron chi connectivity index (χ3n) is 3.14. The highest BCUT2D eigenvalue weighted by molar-refractivity contribution is 7.10. The van der Waals surface area contributed by atoms with Crippen LogP contribution in [0.5, 0.6) is 0 Å². The van der Waals surface area contributed by atoms with Crippen molar-refractivity contribution in [1.29, 1.82) is 0 Å². The number of anilines is 1. The van der Waals surface area contributed by atoms with Crippen molar-refractivity contribution in [2.75, 3.05) is 12.8 Å². The number of carbonyl (C=O) groups excluding carboxylic acids is 1. The second-order valence-corrected chi connectivity index (χ2v) is 5.29. The van der Waals surface area contributed by atoms with Gasteiger partial charge in [0, 0.05) is 11.9 Å². The number of hydrogen-bond donors (Lipinski definition) is 1. The average Bonchev–Trinajstić information content (AvgIpc) is 2.93. The Hall–Kier alpha value is -1.88. The molecular weight excluding hydrogens is 263 g/mol. The van der Waals surface area contributed by atoms with Crippen LogP contribution in [0.25, 0.3) is 0 Å². The Bertz CT molecular complexity index is 583. The van der Waals surface area contributed by atoms with Crippen LogP contribution in [0.3, 0.4) is 0 Å². The van der Waals surface area contributed by atoms with Crippen molar-refractivity contribution in [2.45, 2.75) is 13.0 Å². The number of halogens is 1. The number of nitrogen functional groups attached to an aromatic ring is 1. The van der Waals surface area contributed by atoms with Crippen LogP contribution in [0, 0.1) is 5.82 Å². The Labute approximate surface area is 115 Å². The number of para-hydroxylation sites is 1. The standard InChI is InChI=1S/C14H15FN2OS/c1-9(12-7-4-8-19-12)17(2)14(18)10-5-3-6-11(15)13(10)16/h3-9H,16H2,1-2H3. The third kappa shape index (κ3) is 2.61. The van der Waals surface area contributed by atoms with Gasteiger partial charge in [0.15, 0.2) is 0 Å². The monoisotopic (exact) mass is 278 g/mol. The van der Waals surface area contributed by atoms with Gasteiger partial charge in [-0.1, -0.05) is 12.1 Å². The Morgan fingerprint density at radius 3 is 2.74 bits per heavy atom. The van der Waals surface area contributed by atoms with E-state index in [1.807, 2.05) is 24.4 Å². The van der Waals surface area contributed by atoms with Gasteiger partial charge in [-0.25, -0.2) is 4.39 Å². The largest absolute Gasteiger partial charge is 0.396 e. The van der Waals surface area contributed by atoms with Crippen LogP contribution < -0.4 is 5.73 Å². The first-order valence-corrected chi connectivity index (χ1v) is 6.75. The number of carbonyl (C=O) groups is 1. The van der Waals surface area contributed by atoms with Crippen LogP contribution in [0.15, 0.2) is 35.7 Å². The van der Waals surface area contributed by atoms with Gasteiger partial charge in [-0.15, -0.1) is 11.3 Å². The van der Waals surface area contributed by atoms with Gasteiger partial charge in [0.25, 0.3) is 5.91 Å². The lowest BCUT2D eigenvalue weighted by atomic mass is 10.1. The number of rotatable bonds is 3. The number of amides is 1. The first-order valence-electron chi connectivity index (χ1n) is 5.87. The topological polar surface area (TPSA) is 46.3 Å². The summed E-state index contributed by atoms with van der Waals surface area (Å²) < 4.78 is 13.4. The minimum Gasteiger partial charge on any atom is -0.396 e. The van der Waals surface area contributed by atoms with Gasteiger partial charge in [0.2, 0.25) is 0 Å². The molecule has 1 heterocycles. The molecule has 100 valence electrons. The van der Waals surface area contributed by atoms with Crippen LogP contribution in [-0.2, 0) is 0 Å². The minimum absolute atomic E-state index is 0.0739. The normalized spacial score (nSPS) is 12.2. The van der Waals surface area contributed by atoms with Gasteiger partial charge in [-0.2, -0.15) is 0 Å². The first kappa shape index (κ1) is 13.5. The fraction of sp³-hybridized carbons (Fsp3) is 0.214. The Morgan fingerprint density at radius 1 is 1.37 bits per heavy atom. The molecule has 0 aliphatic rings. The van der Waals surface area contributed by atoms with Crippen molar-refractivity contribution >= 4 is 22.9 Å². The highest BCUT2D eigenvalue weighted by Crippen LogP contribution is 2.26. The molecule has 2 N–H and O–H groups in total. The van der Waals surface area contributed by atoms with Gasteiger partial charge < -0.3 is 10.6 Å². The summed E-state index contributed by atoms with van der Waals surface area (Å²) in [5, 5.41) is 1.96. The number of nitrogens with two attached hydrogens (primary N) is 1. The zero-order valence-corrected chi connectivity index (χ0v) is 11.6. The summed E-state index contributed by atoms with van der Waals surface area (Å²) in [6, 6.07) is 8.10. The first-order chi connectivity index (χ1) is 9.02. The predicted molar refractivity (Wildman–Crippen MR) is 75.6 cm³/mol. The molecule has 0 radical (unpaired) electrons. The van der Waals surface area contributed by atoms with Gasteiger partial charge in [0.1, 0.15) is 5.82 Å². The number of nitrogens with zero attached hydrogens (tertiary/aromatic N) is 1. The van der Waals surface area contributed by atoms with E-state index >= 15 is 0 Å². The van der Waals surface area contributed by atoms with E-state index in [9.17, 15) is 9.18 Å². The number of hydrogen-bond acceptors (Lipinski definition) is 3. The lowest BCUT2D eigenvalue weighted by Crippen LogP contribution is -2.30. The van der Waals surface area contributed by atoms with Crippen molar-refractivity contribution in [3.05, 3.63) is 52.0 Å². The molecular formula is C14H15FN2OS. The second kappa shape index (κ2) is 5.40. The third-order valence-corrected chi connectivity index (χ3v) is 4.18. The molecule has 2 aromatic rings. The van der Waals surface area contributed by atoms with Crippen molar-refractivity contribution in [1.82, 2.24) is 4.90 Å². The molecule has 19 heavy (non-hydrogen) atoms.